The van der Waals surface area contributed by atoms with E-state index >= 15 is 0 Å². The van der Waals surface area contributed by atoms with Crippen LogP contribution in [0.25, 0.3) is 0 Å². The largest absolute Gasteiger partial charge is 0.322 e. The predicted octanol–water partition coefficient (Wildman–Crippen LogP) is 2.82. The lowest BCUT2D eigenvalue weighted by Crippen LogP contribution is -2.17. The lowest BCUT2D eigenvalue weighted by atomic mass is 10.0. The minimum atomic E-state index is -3.83. The van der Waals surface area contributed by atoms with Gasteiger partial charge in [-0.1, -0.05) is 17.7 Å². The van der Waals surface area contributed by atoms with Gasteiger partial charge in [0.2, 0.25) is 10.0 Å². The molecule has 0 spiro atoms. The quantitative estimate of drug-likeness (QED) is 0.905. The van der Waals surface area contributed by atoms with E-state index in [1.54, 1.807) is 13.0 Å². The number of hydrogen-bond donors (Lipinski definition) is 2. The Morgan fingerprint density at radius 3 is 2.22 bits per heavy atom. The van der Waals surface area contributed by atoms with E-state index in [0.717, 1.165) is 22.3 Å². The lowest BCUT2D eigenvalue weighted by Gasteiger charge is -2.14. The maximum absolute atomic E-state index is 12.5. The molecule has 0 unspecified atom stereocenters. The summed E-state index contributed by atoms with van der Waals surface area (Å²) in [5.41, 5.74) is 4.47. The molecule has 2 aromatic rings. The number of rotatable bonds is 3. The van der Waals surface area contributed by atoms with Crippen LogP contribution in [0.5, 0.6) is 0 Å². The molecule has 0 saturated heterocycles. The van der Waals surface area contributed by atoms with Gasteiger partial charge >= 0.3 is 0 Å². The van der Waals surface area contributed by atoms with Gasteiger partial charge < -0.3 is 5.32 Å². The van der Waals surface area contributed by atoms with Crippen molar-refractivity contribution in [3.63, 3.8) is 0 Å². The number of nitrogens with two attached hydrogens (primary N) is 1. The Labute approximate surface area is 136 Å². The summed E-state index contributed by atoms with van der Waals surface area (Å²) in [6.07, 6.45) is 0. The number of carbonyl (C=O) groups excluding carboxylic acids is 1. The van der Waals surface area contributed by atoms with E-state index in [9.17, 15) is 13.2 Å². The Balaban J connectivity index is 2.43. The van der Waals surface area contributed by atoms with E-state index in [1.807, 2.05) is 32.9 Å². The maximum atomic E-state index is 12.5. The Morgan fingerprint density at radius 1 is 1.00 bits per heavy atom. The van der Waals surface area contributed by atoms with Crippen LogP contribution in [-0.4, -0.2) is 14.3 Å². The van der Waals surface area contributed by atoms with Gasteiger partial charge in [-0.3, -0.25) is 4.79 Å². The molecule has 2 rings (SSSR count). The highest BCUT2D eigenvalue weighted by molar-refractivity contribution is 7.89. The first-order valence-corrected chi connectivity index (χ1v) is 8.67. The highest BCUT2D eigenvalue weighted by atomic mass is 32.2. The van der Waals surface area contributed by atoms with Gasteiger partial charge in [-0.05, 0) is 62.6 Å². The molecular formula is C17H20N2O3S. The van der Waals surface area contributed by atoms with E-state index in [2.05, 4.69) is 5.32 Å². The summed E-state index contributed by atoms with van der Waals surface area (Å²) in [6, 6.07) is 8.43. The molecule has 0 fully saturated rings. The molecule has 1 amide bonds. The van der Waals surface area contributed by atoms with Crippen molar-refractivity contribution >= 4 is 21.6 Å². The number of nitrogens with one attached hydrogen (secondary N) is 1. The maximum Gasteiger partial charge on any atom is 0.255 e. The van der Waals surface area contributed by atoms with Gasteiger partial charge in [-0.25, -0.2) is 13.6 Å². The zero-order chi connectivity index (χ0) is 17.4. The van der Waals surface area contributed by atoms with Gasteiger partial charge in [0.25, 0.3) is 5.91 Å². The van der Waals surface area contributed by atoms with Crippen LogP contribution >= 0.6 is 0 Å². The van der Waals surface area contributed by atoms with Gasteiger partial charge in [0, 0.05) is 11.3 Å². The number of carbonyl (C=O) groups is 1. The number of hydrogen-bond acceptors (Lipinski definition) is 3. The minimum absolute atomic E-state index is 0.0171. The van der Waals surface area contributed by atoms with Crippen LogP contribution in [0, 0.1) is 27.7 Å². The summed E-state index contributed by atoms with van der Waals surface area (Å²) < 4.78 is 23.1. The van der Waals surface area contributed by atoms with Crippen molar-refractivity contribution in [2.24, 2.45) is 5.14 Å². The third kappa shape index (κ3) is 3.78. The molecule has 0 aliphatic carbocycles. The molecule has 23 heavy (non-hydrogen) atoms. The molecule has 6 heteroatoms. The van der Waals surface area contributed by atoms with Crippen molar-refractivity contribution in [1.29, 1.82) is 0 Å². The molecule has 0 aliphatic heterocycles. The first-order valence-electron chi connectivity index (χ1n) is 7.12. The lowest BCUT2D eigenvalue weighted by molar-refractivity contribution is 0.102. The van der Waals surface area contributed by atoms with Crippen LogP contribution in [0.4, 0.5) is 5.69 Å². The normalized spacial score (nSPS) is 11.3. The Bertz CT molecular complexity index is 887. The third-order valence-electron chi connectivity index (χ3n) is 3.84. The number of benzene rings is 2. The average molecular weight is 332 g/mol. The summed E-state index contributed by atoms with van der Waals surface area (Å²) in [5.74, 6) is -0.281. The summed E-state index contributed by atoms with van der Waals surface area (Å²) in [4.78, 5) is 12.5. The van der Waals surface area contributed by atoms with E-state index < -0.39 is 10.0 Å². The highest BCUT2D eigenvalue weighted by Gasteiger charge is 2.15. The van der Waals surface area contributed by atoms with Crippen molar-refractivity contribution < 1.29 is 13.2 Å². The number of amides is 1. The summed E-state index contributed by atoms with van der Waals surface area (Å²) in [5, 5.41) is 7.97. The van der Waals surface area contributed by atoms with Crippen LogP contribution in [-0.2, 0) is 10.0 Å². The van der Waals surface area contributed by atoms with Crippen molar-refractivity contribution in [2.75, 3.05) is 5.32 Å². The number of anilines is 1. The van der Waals surface area contributed by atoms with Crippen molar-refractivity contribution in [2.45, 2.75) is 32.6 Å². The second-order valence-electron chi connectivity index (χ2n) is 5.73. The summed E-state index contributed by atoms with van der Waals surface area (Å²) >= 11 is 0. The van der Waals surface area contributed by atoms with E-state index in [-0.39, 0.29) is 10.8 Å². The smallest absolute Gasteiger partial charge is 0.255 e. The zero-order valence-corrected chi connectivity index (χ0v) is 14.4. The second kappa shape index (κ2) is 6.14. The fraction of sp³-hybridized carbons (Fsp3) is 0.235. The number of primary sulfonamides is 1. The number of sulfonamides is 1. The van der Waals surface area contributed by atoms with Crippen LogP contribution in [0.2, 0.25) is 0 Å². The Morgan fingerprint density at radius 2 is 1.65 bits per heavy atom. The first kappa shape index (κ1) is 17.2. The van der Waals surface area contributed by atoms with Gasteiger partial charge in [0.15, 0.2) is 0 Å². The zero-order valence-electron chi connectivity index (χ0n) is 13.6. The summed E-state index contributed by atoms with van der Waals surface area (Å²) in [6.45, 7) is 7.41. The first-order chi connectivity index (χ1) is 10.6. The van der Waals surface area contributed by atoms with E-state index in [1.165, 1.54) is 12.1 Å². The SMILES string of the molecule is Cc1ccc(C(=O)Nc2cc(S(N)(=O)=O)cc(C)c2C)c(C)c1. The minimum Gasteiger partial charge on any atom is -0.322 e. The fourth-order valence-corrected chi connectivity index (χ4v) is 3.00. The number of aryl methyl sites for hydroxylation is 3. The van der Waals surface area contributed by atoms with Crippen molar-refractivity contribution in [3.05, 3.63) is 58.1 Å². The third-order valence-corrected chi connectivity index (χ3v) is 4.74. The standard InChI is InChI=1S/C17H20N2O3S/c1-10-5-6-15(12(3)7-10)17(20)19-16-9-14(23(18,21)22)8-11(2)13(16)4/h5-9H,1-4H3,(H,19,20)(H2,18,21,22). The fourth-order valence-electron chi connectivity index (χ4n) is 2.38. The van der Waals surface area contributed by atoms with Gasteiger partial charge in [-0.2, -0.15) is 0 Å². The van der Waals surface area contributed by atoms with Crippen molar-refractivity contribution in [1.82, 2.24) is 0 Å². The molecule has 0 radical (unpaired) electrons. The van der Waals surface area contributed by atoms with Gasteiger partial charge in [0.05, 0.1) is 4.90 Å². The predicted molar refractivity (Wildman–Crippen MR) is 91.2 cm³/mol. The Hall–Kier alpha value is -2.18. The molecule has 3 N–H and O–H groups in total. The van der Waals surface area contributed by atoms with E-state index in [0.29, 0.717) is 11.3 Å². The van der Waals surface area contributed by atoms with Gasteiger partial charge in [0.1, 0.15) is 0 Å². The molecule has 5 nitrogen and oxygen atoms in total. The highest BCUT2D eigenvalue weighted by Crippen LogP contribution is 2.24. The Kier molecular flexibility index (Phi) is 4.58. The molecule has 0 bridgehead atoms. The molecule has 2 aromatic carbocycles. The van der Waals surface area contributed by atoms with Crippen LogP contribution in [0.1, 0.15) is 32.6 Å². The molecule has 0 atom stereocenters. The molecule has 0 heterocycles. The average Bonchev–Trinajstić information content (AvgIpc) is 2.42. The summed E-state index contributed by atoms with van der Waals surface area (Å²) in [7, 11) is -3.83. The second-order valence-corrected chi connectivity index (χ2v) is 7.29. The molecule has 0 aliphatic rings. The van der Waals surface area contributed by atoms with E-state index in [4.69, 9.17) is 5.14 Å². The van der Waals surface area contributed by atoms with Crippen LogP contribution in [0.15, 0.2) is 35.2 Å². The van der Waals surface area contributed by atoms with Gasteiger partial charge in [-0.15, -0.1) is 0 Å². The molecular weight excluding hydrogens is 312 g/mol. The topological polar surface area (TPSA) is 89.3 Å². The molecule has 0 aromatic heterocycles. The van der Waals surface area contributed by atoms with Crippen molar-refractivity contribution in [3.8, 4) is 0 Å². The van der Waals surface area contributed by atoms with Crippen LogP contribution < -0.4 is 10.5 Å². The van der Waals surface area contributed by atoms with Crippen LogP contribution in [0.3, 0.4) is 0 Å². The monoisotopic (exact) mass is 332 g/mol. The molecule has 0 saturated carbocycles. The molecule has 122 valence electrons.